The summed E-state index contributed by atoms with van der Waals surface area (Å²) in [6, 6.07) is 6.42. The van der Waals surface area contributed by atoms with Crippen LogP contribution in [0.25, 0.3) is 0 Å². The van der Waals surface area contributed by atoms with Gasteiger partial charge >= 0.3 is 0 Å². The fourth-order valence-electron chi connectivity index (χ4n) is 3.35. The zero-order valence-electron chi connectivity index (χ0n) is 16.5. The summed E-state index contributed by atoms with van der Waals surface area (Å²) in [7, 11) is 0. The lowest BCUT2D eigenvalue weighted by molar-refractivity contribution is -0.114. The van der Waals surface area contributed by atoms with Gasteiger partial charge in [0, 0.05) is 43.8 Å². The average Bonchev–Trinajstić information content (AvgIpc) is 3.22. The Bertz CT molecular complexity index is 906. The van der Waals surface area contributed by atoms with Crippen molar-refractivity contribution in [2.75, 3.05) is 25.0 Å². The van der Waals surface area contributed by atoms with Gasteiger partial charge < -0.3 is 26.5 Å². The number of amidine groups is 1. The number of aromatic nitrogens is 1. The highest BCUT2D eigenvalue weighted by Crippen LogP contribution is 2.23. The molecular formula is C20H26FN7O2. The van der Waals surface area contributed by atoms with Gasteiger partial charge in [0.1, 0.15) is 11.6 Å². The Balaban J connectivity index is 1.63. The third-order valence-electron chi connectivity index (χ3n) is 5.22. The van der Waals surface area contributed by atoms with Crippen molar-refractivity contribution in [1.82, 2.24) is 15.2 Å². The van der Waals surface area contributed by atoms with Crippen LogP contribution in [-0.2, 0) is 11.3 Å². The lowest BCUT2D eigenvalue weighted by Gasteiger charge is -2.41. The van der Waals surface area contributed by atoms with E-state index in [4.69, 9.17) is 21.3 Å². The molecule has 0 aromatic carbocycles. The Morgan fingerprint density at radius 3 is 2.77 bits per heavy atom. The van der Waals surface area contributed by atoms with Gasteiger partial charge in [0.05, 0.1) is 23.9 Å². The number of anilines is 1. The van der Waals surface area contributed by atoms with E-state index in [1.807, 2.05) is 12.1 Å². The maximum atomic E-state index is 13.3. The summed E-state index contributed by atoms with van der Waals surface area (Å²) in [5.74, 6) is -0.815. The van der Waals surface area contributed by atoms with Crippen LogP contribution in [0.3, 0.4) is 0 Å². The number of carbonyl (C=O) groups is 1. The molecule has 9 nitrogen and oxygen atoms in total. The van der Waals surface area contributed by atoms with Crippen LogP contribution in [0.1, 0.15) is 18.6 Å². The first-order chi connectivity index (χ1) is 14.4. The Morgan fingerprint density at radius 2 is 2.17 bits per heavy atom. The molecule has 1 aliphatic rings. The van der Waals surface area contributed by atoms with Crippen LogP contribution < -0.4 is 22.1 Å². The molecule has 3 rings (SSSR count). The van der Waals surface area contributed by atoms with E-state index in [1.165, 1.54) is 18.5 Å². The molecule has 1 amide bonds. The molecule has 0 unspecified atom stereocenters. The molecule has 0 atom stereocenters. The number of pyridine rings is 1. The van der Waals surface area contributed by atoms with Crippen LogP contribution in [0.4, 0.5) is 10.1 Å². The summed E-state index contributed by atoms with van der Waals surface area (Å²) in [4.78, 5) is 17.6. The number of nitrogens with zero attached hydrogens (tertiary/aromatic N) is 2. The zero-order chi connectivity index (χ0) is 21.6. The topological polar surface area (TPSA) is 146 Å². The van der Waals surface area contributed by atoms with Crippen molar-refractivity contribution in [3.05, 3.63) is 60.2 Å². The number of hydrogen-bond donors (Lipinski definition) is 5. The molecule has 30 heavy (non-hydrogen) atoms. The van der Waals surface area contributed by atoms with Gasteiger partial charge in [0.15, 0.2) is 0 Å². The highest BCUT2D eigenvalue weighted by atomic mass is 19.1. The standard InChI is InChI=1S/C20H26FN7O2/c21-17-10-14(3-6-25-17)27-18(23)16(19(24)29)11-26-20(13-22)4-7-28(8-5-20)12-15-2-1-9-30-15/h1-3,6,9-11,26H,4-5,7-8,12-13,22H2,(H2,24,29)(H2,23,25,27)/b16-11+. The number of halogens is 1. The Labute approximate surface area is 173 Å². The van der Waals surface area contributed by atoms with E-state index >= 15 is 0 Å². The Hall–Kier alpha value is -3.24. The monoisotopic (exact) mass is 415 g/mol. The summed E-state index contributed by atoms with van der Waals surface area (Å²) in [5, 5.41) is 14.0. The minimum absolute atomic E-state index is 0.0574. The van der Waals surface area contributed by atoms with Gasteiger partial charge in [-0.05, 0) is 31.0 Å². The number of furan rings is 1. The molecule has 0 bridgehead atoms. The van der Waals surface area contributed by atoms with Gasteiger partial charge in [-0.1, -0.05) is 0 Å². The number of likely N-dealkylation sites (tertiary alicyclic amines) is 1. The second-order valence-electron chi connectivity index (χ2n) is 7.27. The molecule has 1 fully saturated rings. The maximum Gasteiger partial charge on any atom is 0.253 e. The minimum Gasteiger partial charge on any atom is -0.468 e. The molecule has 2 aromatic rings. The number of amides is 1. The predicted molar refractivity (Wildman–Crippen MR) is 111 cm³/mol. The van der Waals surface area contributed by atoms with Crippen molar-refractivity contribution in [2.24, 2.45) is 11.5 Å². The first kappa shape index (κ1) is 21.5. The molecule has 7 N–H and O–H groups in total. The number of hydrogen-bond acceptors (Lipinski definition) is 7. The van der Waals surface area contributed by atoms with Crippen molar-refractivity contribution < 1.29 is 13.6 Å². The second kappa shape index (κ2) is 9.51. The minimum atomic E-state index is -0.781. The smallest absolute Gasteiger partial charge is 0.253 e. The van der Waals surface area contributed by atoms with Crippen molar-refractivity contribution in [2.45, 2.75) is 24.9 Å². The van der Waals surface area contributed by atoms with Crippen LogP contribution >= 0.6 is 0 Å². The van der Waals surface area contributed by atoms with Crippen molar-refractivity contribution in [3.8, 4) is 0 Å². The molecule has 10 heteroatoms. The number of rotatable bonds is 8. The third kappa shape index (κ3) is 5.43. The lowest BCUT2D eigenvalue weighted by atomic mass is 9.87. The van der Waals surface area contributed by atoms with Crippen molar-refractivity contribution in [3.63, 3.8) is 0 Å². The van der Waals surface area contributed by atoms with Gasteiger partial charge in [0.25, 0.3) is 5.91 Å². The van der Waals surface area contributed by atoms with Gasteiger partial charge in [-0.15, -0.1) is 0 Å². The molecule has 3 heterocycles. The molecule has 2 aromatic heterocycles. The average molecular weight is 415 g/mol. The summed E-state index contributed by atoms with van der Waals surface area (Å²) in [5.41, 5.74) is 11.3. The summed E-state index contributed by atoms with van der Waals surface area (Å²) in [6.07, 6.45) is 5.84. The first-order valence-electron chi connectivity index (χ1n) is 9.61. The molecule has 0 aliphatic carbocycles. The van der Waals surface area contributed by atoms with Gasteiger partial charge in [0.2, 0.25) is 5.95 Å². The maximum absolute atomic E-state index is 13.3. The van der Waals surface area contributed by atoms with Crippen LogP contribution in [0.5, 0.6) is 0 Å². The number of nitrogens with two attached hydrogens (primary N) is 2. The lowest BCUT2D eigenvalue weighted by Crippen LogP contribution is -2.56. The number of piperidine rings is 1. The van der Waals surface area contributed by atoms with Gasteiger partial charge in [-0.3, -0.25) is 15.1 Å². The van der Waals surface area contributed by atoms with E-state index < -0.39 is 17.4 Å². The summed E-state index contributed by atoms with van der Waals surface area (Å²) in [6.45, 7) is 2.70. The van der Waals surface area contributed by atoms with E-state index in [0.717, 1.165) is 44.3 Å². The van der Waals surface area contributed by atoms with Crippen molar-refractivity contribution >= 4 is 17.4 Å². The van der Waals surface area contributed by atoms with E-state index in [2.05, 4.69) is 20.5 Å². The molecular weight excluding hydrogens is 389 g/mol. The fourth-order valence-corrected chi connectivity index (χ4v) is 3.35. The molecule has 0 saturated carbocycles. The number of carbonyl (C=O) groups excluding carboxylic acids is 1. The van der Waals surface area contributed by atoms with E-state index in [9.17, 15) is 9.18 Å². The SMILES string of the molecule is N=C(Nc1ccnc(F)c1)/C(=C\NC1(CN)CCN(Cc2ccco2)CC1)C(N)=O. The fraction of sp³-hybridized carbons (Fsp3) is 0.350. The van der Waals surface area contributed by atoms with E-state index in [1.54, 1.807) is 6.26 Å². The summed E-state index contributed by atoms with van der Waals surface area (Å²) < 4.78 is 18.7. The van der Waals surface area contributed by atoms with E-state index in [-0.39, 0.29) is 11.4 Å². The Morgan fingerprint density at radius 1 is 1.40 bits per heavy atom. The van der Waals surface area contributed by atoms with E-state index in [0.29, 0.717) is 12.2 Å². The molecule has 0 radical (unpaired) electrons. The third-order valence-corrected chi connectivity index (χ3v) is 5.22. The largest absolute Gasteiger partial charge is 0.468 e. The van der Waals surface area contributed by atoms with Crippen LogP contribution in [-0.4, -0.2) is 46.8 Å². The molecule has 160 valence electrons. The number of primary amides is 1. The quantitative estimate of drug-likeness (QED) is 0.188. The van der Waals surface area contributed by atoms with Gasteiger partial charge in [-0.25, -0.2) is 4.98 Å². The highest BCUT2D eigenvalue weighted by Gasteiger charge is 2.33. The predicted octanol–water partition coefficient (Wildman–Crippen LogP) is 1.16. The summed E-state index contributed by atoms with van der Waals surface area (Å²) >= 11 is 0. The Kier molecular flexibility index (Phi) is 6.80. The second-order valence-corrected chi connectivity index (χ2v) is 7.27. The first-order valence-corrected chi connectivity index (χ1v) is 9.61. The molecule has 0 spiro atoms. The highest BCUT2D eigenvalue weighted by molar-refractivity contribution is 6.23. The van der Waals surface area contributed by atoms with Crippen LogP contribution in [0.2, 0.25) is 0 Å². The zero-order valence-corrected chi connectivity index (χ0v) is 16.5. The molecule has 1 saturated heterocycles. The van der Waals surface area contributed by atoms with Crippen molar-refractivity contribution in [1.29, 1.82) is 5.41 Å². The van der Waals surface area contributed by atoms with Crippen LogP contribution in [0.15, 0.2) is 52.9 Å². The van der Waals surface area contributed by atoms with Gasteiger partial charge in [-0.2, -0.15) is 4.39 Å². The number of nitrogens with one attached hydrogen (secondary N) is 3. The normalized spacial score (nSPS) is 16.8. The van der Waals surface area contributed by atoms with Crippen LogP contribution in [0, 0.1) is 11.4 Å². The molecule has 1 aliphatic heterocycles.